The summed E-state index contributed by atoms with van der Waals surface area (Å²) < 4.78 is 26.3. The minimum Gasteiger partial charge on any atom is -0.340 e. The van der Waals surface area contributed by atoms with E-state index in [1.54, 1.807) is 0 Å². The standard InChI is InChI=1S/C24H26NO3P/c1-3-27-29(26,28-4-2)18-17-25-22-15-9-8-13-21(22)24-20(14-10-16-23(24)25)19-11-6-5-7-12-19/h5-16H,3-4,17-18H2,1-2H3. The third kappa shape index (κ3) is 3.89. The normalized spacial score (nSPS) is 12.1. The molecule has 0 aliphatic carbocycles. The van der Waals surface area contributed by atoms with Gasteiger partial charge in [0.05, 0.1) is 19.4 Å². The number of nitrogens with zero attached hydrogens (tertiary/aromatic N) is 1. The zero-order chi connectivity index (χ0) is 20.3. The quantitative estimate of drug-likeness (QED) is 0.304. The third-order valence-electron chi connectivity index (χ3n) is 5.13. The molecular formula is C24H26NO3P. The summed E-state index contributed by atoms with van der Waals surface area (Å²) in [6, 6.07) is 25.2. The maximum Gasteiger partial charge on any atom is 0.332 e. The number of aryl methyl sites for hydroxylation is 1. The van der Waals surface area contributed by atoms with Crippen LogP contribution in [0.15, 0.2) is 72.8 Å². The summed E-state index contributed by atoms with van der Waals surface area (Å²) in [7, 11) is -3.11. The molecule has 0 saturated carbocycles. The molecule has 0 aliphatic heterocycles. The monoisotopic (exact) mass is 407 g/mol. The Morgan fingerprint density at radius 2 is 1.45 bits per heavy atom. The Labute approximate surface area is 171 Å². The molecule has 4 nitrogen and oxygen atoms in total. The van der Waals surface area contributed by atoms with Crippen molar-refractivity contribution in [2.24, 2.45) is 0 Å². The zero-order valence-corrected chi connectivity index (χ0v) is 17.8. The molecule has 4 rings (SSSR count). The van der Waals surface area contributed by atoms with Gasteiger partial charge in [-0.1, -0.05) is 60.7 Å². The largest absolute Gasteiger partial charge is 0.340 e. The molecule has 0 saturated heterocycles. The molecule has 0 radical (unpaired) electrons. The Balaban J connectivity index is 1.85. The van der Waals surface area contributed by atoms with E-state index in [4.69, 9.17) is 9.05 Å². The lowest BCUT2D eigenvalue weighted by Crippen LogP contribution is -2.07. The number of benzene rings is 3. The second kappa shape index (κ2) is 8.54. The Kier molecular flexibility index (Phi) is 5.86. The van der Waals surface area contributed by atoms with Crippen LogP contribution < -0.4 is 0 Å². The fourth-order valence-corrected chi connectivity index (χ4v) is 5.54. The molecule has 5 heteroatoms. The summed E-state index contributed by atoms with van der Waals surface area (Å²) in [6.07, 6.45) is 0.345. The first-order chi connectivity index (χ1) is 14.2. The van der Waals surface area contributed by atoms with Gasteiger partial charge >= 0.3 is 7.60 Å². The second-order valence-electron chi connectivity index (χ2n) is 6.90. The van der Waals surface area contributed by atoms with Crippen LogP contribution >= 0.6 is 7.60 Å². The lowest BCUT2D eigenvalue weighted by atomic mass is 9.99. The van der Waals surface area contributed by atoms with Crippen molar-refractivity contribution in [1.82, 2.24) is 4.57 Å². The van der Waals surface area contributed by atoms with Crippen LogP contribution in [-0.4, -0.2) is 23.9 Å². The Morgan fingerprint density at radius 3 is 2.17 bits per heavy atom. The highest BCUT2D eigenvalue weighted by Crippen LogP contribution is 2.48. The Morgan fingerprint density at radius 1 is 0.793 bits per heavy atom. The predicted octanol–water partition coefficient (Wildman–Crippen LogP) is 6.73. The van der Waals surface area contributed by atoms with Crippen LogP contribution in [0.5, 0.6) is 0 Å². The molecule has 0 unspecified atom stereocenters. The van der Waals surface area contributed by atoms with E-state index in [1.165, 1.54) is 21.9 Å². The molecule has 1 heterocycles. The summed E-state index contributed by atoms with van der Waals surface area (Å²) in [5.74, 6) is 0. The molecule has 29 heavy (non-hydrogen) atoms. The molecular weight excluding hydrogens is 381 g/mol. The highest BCUT2D eigenvalue weighted by atomic mass is 31.2. The first-order valence-electron chi connectivity index (χ1n) is 10.1. The van der Waals surface area contributed by atoms with Crippen molar-refractivity contribution in [3.63, 3.8) is 0 Å². The summed E-state index contributed by atoms with van der Waals surface area (Å²) in [4.78, 5) is 0. The van der Waals surface area contributed by atoms with Gasteiger partial charge in [-0.2, -0.15) is 0 Å². The van der Waals surface area contributed by atoms with Crippen molar-refractivity contribution >= 4 is 29.4 Å². The van der Waals surface area contributed by atoms with Crippen molar-refractivity contribution in [1.29, 1.82) is 0 Å². The number of rotatable bonds is 8. The van der Waals surface area contributed by atoms with Gasteiger partial charge in [0.2, 0.25) is 0 Å². The van der Waals surface area contributed by atoms with Crippen molar-refractivity contribution in [3.8, 4) is 11.1 Å². The van der Waals surface area contributed by atoms with Crippen molar-refractivity contribution in [2.75, 3.05) is 19.4 Å². The maximum absolute atomic E-state index is 13.0. The van der Waals surface area contributed by atoms with Gasteiger partial charge in [0.1, 0.15) is 0 Å². The van der Waals surface area contributed by atoms with E-state index < -0.39 is 7.60 Å². The van der Waals surface area contributed by atoms with Gasteiger partial charge in [-0.05, 0) is 37.1 Å². The van der Waals surface area contributed by atoms with Crippen molar-refractivity contribution < 1.29 is 13.6 Å². The van der Waals surface area contributed by atoms with E-state index in [2.05, 4.69) is 65.2 Å². The smallest absolute Gasteiger partial charge is 0.332 e. The average molecular weight is 407 g/mol. The minimum atomic E-state index is -3.11. The van der Waals surface area contributed by atoms with Crippen LogP contribution in [0.3, 0.4) is 0 Å². The molecule has 1 aromatic heterocycles. The molecule has 0 atom stereocenters. The van der Waals surface area contributed by atoms with Gasteiger partial charge in [-0.25, -0.2) is 0 Å². The summed E-state index contributed by atoms with van der Waals surface area (Å²) in [5.41, 5.74) is 4.66. The zero-order valence-electron chi connectivity index (χ0n) is 16.9. The maximum atomic E-state index is 13.0. The SMILES string of the molecule is CCOP(=O)(CCn1c2ccccc2c2c(-c3ccccc3)cccc21)OCC. The van der Waals surface area contributed by atoms with Crippen LogP contribution in [0.2, 0.25) is 0 Å². The van der Waals surface area contributed by atoms with Crippen LogP contribution in [-0.2, 0) is 20.2 Å². The third-order valence-corrected chi connectivity index (χ3v) is 7.18. The molecule has 4 aromatic rings. The van der Waals surface area contributed by atoms with Crippen LogP contribution in [0.1, 0.15) is 13.8 Å². The number of aromatic nitrogens is 1. The van der Waals surface area contributed by atoms with Gasteiger partial charge in [0, 0.05) is 28.4 Å². The van der Waals surface area contributed by atoms with E-state index in [-0.39, 0.29) is 0 Å². The summed E-state index contributed by atoms with van der Waals surface area (Å²) in [5, 5.41) is 2.42. The van der Waals surface area contributed by atoms with E-state index in [0.29, 0.717) is 25.9 Å². The molecule has 0 fully saturated rings. The predicted molar refractivity (Wildman–Crippen MR) is 121 cm³/mol. The van der Waals surface area contributed by atoms with E-state index in [9.17, 15) is 4.57 Å². The van der Waals surface area contributed by atoms with Gasteiger partial charge in [0.25, 0.3) is 0 Å². The lowest BCUT2D eigenvalue weighted by Gasteiger charge is -2.18. The molecule has 0 spiro atoms. The van der Waals surface area contributed by atoms with Gasteiger partial charge in [-0.3, -0.25) is 4.57 Å². The molecule has 0 bridgehead atoms. The first kappa shape index (κ1) is 19.9. The highest BCUT2D eigenvalue weighted by molar-refractivity contribution is 7.53. The van der Waals surface area contributed by atoms with Crippen LogP contribution in [0, 0.1) is 0 Å². The summed E-state index contributed by atoms with van der Waals surface area (Å²) >= 11 is 0. The minimum absolute atomic E-state index is 0.345. The molecule has 0 amide bonds. The molecule has 0 N–H and O–H groups in total. The van der Waals surface area contributed by atoms with Crippen molar-refractivity contribution in [2.45, 2.75) is 20.4 Å². The number of hydrogen-bond acceptors (Lipinski definition) is 3. The average Bonchev–Trinajstić information content (AvgIpc) is 3.07. The number of para-hydroxylation sites is 1. The Bertz CT molecular complexity index is 1160. The van der Waals surface area contributed by atoms with E-state index >= 15 is 0 Å². The summed E-state index contributed by atoms with van der Waals surface area (Å²) in [6.45, 7) is 5.02. The topological polar surface area (TPSA) is 40.5 Å². The van der Waals surface area contributed by atoms with E-state index in [1.807, 2.05) is 26.0 Å². The second-order valence-corrected chi connectivity index (χ2v) is 9.09. The number of fused-ring (bicyclic) bond motifs is 3. The van der Waals surface area contributed by atoms with Crippen LogP contribution in [0.25, 0.3) is 32.9 Å². The molecule has 150 valence electrons. The fraction of sp³-hybridized carbons (Fsp3) is 0.250. The van der Waals surface area contributed by atoms with Crippen LogP contribution in [0.4, 0.5) is 0 Å². The highest BCUT2D eigenvalue weighted by Gasteiger charge is 2.24. The fourth-order valence-electron chi connectivity index (χ4n) is 3.98. The lowest BCUT2D eigenvalue weighted by molar-refractivity contribution is 0.219. The van der Waals surface area contributed by atoms with Gasteiger partial charge in [0.15, 0.2) is 0 Å². The first-order valence-corrected chi connectivity index (χ1v) is 11.8. The van der Waals surface area contributed by atoms with E-state index in [0.717, 1.165) is 11.0 Å². The van der Waals surface area contributed by atoms with Crippen molar-refractivity contribution in [3.05, 3.63) is 72.8 Å². The number of hydrogen-bond donors (Lipinski definition) is 0. The molecule has 3 aromatic carbocycles. The van der Waals surface area contributed by atoms with Gasteiger partial charge < -0.3 is 13.6 Å². The van der Waals surface area contributed by atoms with Gasteiger partial charge in [-0.15, -0.1) is 0 Å². The molecule has 0 aliphatic rings. The Hall–Kier alpha value is -2.39.